The Morgan fingerprint density at radius 1 is 1.29 bits per heavy atom. The molecule has 0 saturated heterocycles. The predicted molar refractivity (Wildman–Crippen MR) is 61.4 cm³/mol. The molecule has 0 saturated carbocycles. The van der Waals surface area contributed by atoms with E-state index < -0.39 is 0 Å². The molecule has 0 radical (unpaired) electrons. The summed E-state index contributed by atoms with van der Waals surface area (Å²) < 4.78 is 28.1. The van der Waals surface area contributed by atoms with E-state index in [-0.39, 0.29) is 13.5 Å². The third kappa shape index (κ3) is 2.79. The standard InChI is InChI=1S/C12H16FNO3/c13-3-1-5-15-10-7-12-11(16-8-17-12)6-9(10)2-4-14/h6-7H,1-5,8,14H2. The Bertz CT molecular complexity index is 384. The highest BCUT2D eigenvalue weighted by atomic mass is 19.1. The van der Waals surface area contributed by atoms with Crippen molar-refractivity contribution < 1.29 is 18.6 Å². The highest BCUT2D eigenvalue weighted by molar-refractivity contribution is 5.51. The number of ether oxygens (including phenoxy) is 3. The van der Waals surface area contributed by atoms with Crippen molar-refractivity contribution in [3.8, 4) is 17.2 Å². The van der Waals surface area contributed by atoms with Crippen molar-refractivity contribution in [3.05, 3.63) is 17.7 Å². The molecule has 0 atom stereocenters. The largest absolute Gasteiger partial charge is 0.493 e. The molecule has 0 aliphatic carbocycles. The van der Waals surface area contributed by atoms with Crippen LogP contribution in [0.3, 0.4) is 0 Å². The fourth-order valence-corrected chi connectivity index (χ4v) is 1.69. The summed E-state index contributed by atoms with van der Waals surface area (Å²) in [5.41, 5.74) is 6.51. The van der Waals surface area contributed by atoms with Gasteiger partial charge in [0, 0.05) is 12.5 Å². The second kappa shape index (κ2) is 5.72. The van der Waals surface area contributed by atoms with Gasteiger partial charge in [0.2, 0.25) is 6.79 Å². The molecule has 1 aromatic rings. The van der Waals surface area contributed by atoms with Crippen LogP contribution in [0.5, 0.6) is 17.2 Å². The Morgan fingerprint density at radius 2 is 2.06 bits per heavy atom. The van der Waals surface area contributed by atoms with E-state index in [0.717, 1.165) is 5.56 Å². The van der Waals surface area contributed by atoms with Crippen molar-refractivity contribution in [2.24, 2.45) is 5.73 Å². The first kappa shape index (κ1) is 12.0. The molecule has 1 aromatic carbocycles. The molecule has 1 aliphatic heterocycles. The topological polar surface area (TPSA) is 53.7 Å². The lowest BCUT2D eigenvalue weighted by molar-refractivity contribution is 0.173. The Morgan fingerprint density at radius 3 is 2.76 bits per heavy atom. The molecule has 0 bridgehead atoms. The van der Waals surface area contributed by atoms with Crippen LogP contribution in [0.15, 0.2) is 12.1 Å². The second-order valence-corrected chi connectivity index (χ2v) is 3.74. The zero-order valence-corrected chi connectivity index (χ0v) is 9.58. The number of hydrogen-bond donors (Lipinski definition) is 1. The van der Waals surface area contributed by atoms with Crippen LogP contribution < -0.4 is 19.9 Å². The van der Waals surface area contributed by atoms with Gasteiger partial charge in [-0.3, -0.25) is 4.39 Å². The van der Waals surface area contributed by atoms with Crippen LogP contribution >= 0.6 is 0 Å². The summed E-state index contributed by atoms with van der Waals surface area (Å²) in [6, 6.07) is 3.66. The van der Waals surface area contributed by atoms with Crippen molar-refractivity contribution in [1.29, 1.82) is 0 Å². The molecule has 4 nitrogen and oxygen atoms in total. The van der Waals surface area contributed by atoms with Crippen molar-refractivity contribution >= 4 is 0 Å². The van der Waals surface area contributed by atoms with Gasteiger partial charge in [0.1, 0.15) is 5.75 Å². The molecule has 0 spiro atoms. The molecule has 0 aromatic heterocycles. The Balaban J connectivity index is 2.15. The van der Waals surface area contributed by atoms with Crippen LogP contribution in [-0.2, 0) is 6.42 Å². The Labute approximate surface area is 99.5 Å². The van der Waals surface area contributed by atoms with Crippen LogP contribution in [0.4, 0.5) is 4.39 Å². The molecule has 0 unspecified atom stereocenters. The van der Waals surface area contributed by atoms with Gasteiger partial charge >= 0.3 is 0 Å². The number of fused-ring (bicyclic) bond motifs is 1. The third-order valence-corrected chi connectivity index (χ3v) is 2.50. The van der Waals surface area contributed by atoms with Gasteiger partial charge in [-0.1, -0.05) is 0 Å². The van der Waals surface area contributed by atoms with Gasteiger partial charge < -0.3 is 19.9 Å². The number of alkyl halides is 1. The maximum absolute atomic E-state index is 12.0. The van der Waals surface area contributed by atoms with Crippen molar-refractivity contribution in [2.75, 3.05) is 26.6 Å². The summed E-state index contributed by atoms with van der Waals surface area (Å²) in [4.78, 5) is 0. The zero-order valence-electron chi connectivity index (χ0n) is 9.58. The molecule has 0 amide bonds. The summed E-state index contributed by atoms with van der Waals surface area (Å²) in [6.07, 6.45) is 1.08. The SMILES string of the molecule is NCCc1cc2c(cc1OCCCF)OCO2. The van der Waals surface area contributed by atoms with Gasteiger partial charge in [-0.2, -0.15) is 0 Å². The van der Waals surface area contributed by atoms with Crippen LogP contribution in [0.25, 0.3) is 0 Å². The van der Waals surface area contributed by atoms with Gasteiger partial charge in [-0.15, -0.1) is 0 Å². The van der Waals surface area contributed by atoms with Crippen LogP contribution in [0.1, 0.15) is 12.0 Å². The van der Waals surface area contributed by atoms with Crippen molar-refractivity contribution in [1.82, 2.24) is 0 Å². The summed E-state index contributed by atoms with van der Waals surface area (Å²) >= 11 is 0. The number of benzene rings is 1. The quantitative estimate of drug-likeness (QED) is 0.769. The van der Waals surface area contributed by atoms with Crippen LogP contribution in [0.2, 0.25) is 0 Å². The number of hydrogen-bond acceptors (Lipinski definition) is 4. The number of nitrogens with two attached hydrogens (primary N) is 1. The van der Waals surface area contributed by atoms with Crippen molar-refractivity contribution in [3.63, 3.8) is 0 Å². The molecule has 94 valence electrons. The molecule has 17 heavy (non-hydrogen) atoms. The second-order valence-electron chi connectivity index (χ2n) is 3.74. The van der Waals surface area contributed by atoms with E-state index in [1.807, 2.05) is 6.07 Å². The highest BCUT2D eigenvalue weighted by Crippen LogP contribution is 2.38. The van der Waals surface area contributed by atoms with E-state index in [4.69, 9.17) is 19.9 Å². The molecule has 2 rings (SSSR count). The summed E-state index contributed by atoms with van der Waals surface area (Å²) in [5.74, 6) is 2.08. The van der Waals surface area contributed by atoms with Gasteiger partial charge in [-0.05, 0) is 24.6 Å². The zero-order chi connectivity index (χ0) is 12.1. The van der Waals surface area contributed by atoms with Gasteiger partial charge in [0.15, 0.2) is 11.5 Å². The van der Waals surface area contributed by atoms with Crippen LogP contribution in [-0.4, -0.2) is 26.6 Å². The Kier molecular flexibility index (Phi) is 4.03. The van der Waals surface area contributed by atoms with E-state index >= 15 is 0 Å². The average Bonchev–Trinajstić information content (AvgIpc) is 2.77. The lowest BCUT2D eigenvalue weighted by Crippen LogP contribution is -2.06. The van der Waals surface area contributed by atoms with Gasteiger partial charge in [-0.25, -0.2) is 0 Å². The molecule has 1 aliphatic rings. The minimum absolute atomic E-state index is 0.228. The molecule has 5 heteroatoms. The number of rotatable bonds is 6. The molecule has 1 heterocycles. The van der Waals surface area contributed by atoms with E-state index in [1.54, 1.807) is 6.07 Å². The third-order valence-electron chi connectivity index (χ3n) is 2.50. The van der Waals surface area contributed by atoms with Gasteiger partial charge in [0.05, 0.1) is 13.3 Å². The number of halogens is 1. The normalized spacial score (nSPS) is 12.8. The molecule has 2 N–H and O–H groups in total. The van der Waals surface area contributed by atoms with E-state index in [2.05, 4.69) is 0 Å². The summed E-state index contributed by atoms with van der Waals surface area (Å²) in [5, 5.41) is 0. The predicted octanol–water partition coefficient (Wildman–Crippen LogP) is 1.65. The maximum Gasteiger partial charge on any atom is 0.231 e. The molecule has 0 fully saturated rings. The molecular weight excluding hydrogens is 225 g/mol. The van der Waals surface area contributed by atoms with E-state index in [1.165, 1.54) is 0 Å². The average molecular weight is 241 g/mol. The Hall–Kier alpha value is -1.49. The lowest BCUT2D eigenvalue weighted by Gasteiger charge is -2.11. The lowest BCUT2D eigenvalue weighted by atomic mass is 10.1. The first-order valence-electron chi connectivity index (χ1n) is 5.66. The first-order valence-corrected chi connectivity index (χ1v) is 5.66. The maximum atomic E-state index is 12.0. The fraction of sp³-hybridized carbons (Fsp3) is 0.500. The minimum Gasteiger partial charge on any atom is -0.493 e. The van der Waals surface area contributed by atoms with Crippen LogP contribution in [0, 0.1) is 0 Å². The summed E-state index contributed by atoms with van der Waals surface area (Å²) in [7, 11) is 0. The van der Waals surface area contributed by atoms with Crippen molar-refractivity contribution in [2.45, 2.75) is 12.8 Å². The van der Waals surface area contributed by atoms with E-state index in [0.29, 0.717) is 43.2 Å². The fourth-order valence-electron chi connectivity index (χ4n) is 1.69. The minimum atomic E-state index is -0.378. The van der Waals surface area contributed by atoms with E-state index in [9.17, 15) is 4.39 Å². The smallest absolute Gasteiger partial charge is 0.231 e. The monoisotopic (exact) mass is 241 g/mol. The highest BCUT2D eigenvalue weighted by Gasteiger charge is 2.17. The first-order chi connectivity index (χ1) is 8.35. The summed E-state index contributed by atoms with van der Waals surface area (Å²) in [6.45, 7) is 0.731. The van der Waals surface area contributed by atoms with Gasteiger partial charge in [0.25, 0.3) is 0 Å². The molecular formula is C12H16FNO3.